The minimum atomic E-state index is -0.725. The number of nitrogens with zero attached hydrogens (tertiary/aromatic N) is 1. The lowest BCUT2D eigenvalue weighted by Gasteiger charge is -2.16. The monoisotopic (exact) mass is 229 g/mol. The Morgan fingerprint density at radius 1 is 1.60 bits per heavy atom. The van der Waals surface area contributed by atoms with Crippen LogP contribution in [0.2, 0.25) is 0 Å². The minimum Gasteiger partial charge on any atom is -0.444 e. The van der Waals surface area contributed by atoms with Crippen LogP contribution in [0.4, 0.5) is 4.79 Å². The van der Waals surface area contributed by atoms with E-state index >= 15 is 0 Å². The van der Waals surface area contributed by atoms with Gasteiger partial charge in [-0.3, -0.25) is 5.10 Å². The van der Waals surface area contributed by atoms with Crippen molar-refractivity contribution in [3.8, 4) is 5.82 Å². The summed E-state index contributed by atoms with van der Waals surface area (Å²) in [6.07, 6.45) is -0.725. The fourth-order valence-corrected chi connectivity index (χ4v) is 1.39. The Balaban J connectivity index is 0.000000150. The maximum atomic E-state index is 10.0. The number of aromatic nitrogens is 2. The van der Waals surface area contributed by atoms with Crippen molar-refractivity contribution in [2.45, 2.75) is 26.4 Å². The van der Waals surface area contributed by atoms with Crippen molar-refractivity contribution in [3.05, 3.63) is 17.5 Å². The van der Waals surface area contributed by atoms with Crippen LogP contribution in [0, 0.1) is 0 Å². The average molecular weight is 229 g/mol. The number of primary amides is 1. The number of carbonyl (C=O) groups excluding carboxylic acids is 1. The van der Waals surface area contributed by atoms with E-state index in [9.17, 15) is 4.79 Å². The minimum absolute atomic E-state index is 0.453. The Hall–Kier alpha value is -1.43. The molecule has 0 radical (unpaired) electrons. The third-order valence-corrected chi connectivity index (χ3v) is 2.07. The number of ether oxygens (including phenoxy) is 1. The summed E-state index contributed by atoms with van der Waals surface area (Å²) < 4.78 is 6.58. The van der Waals surface area contributed by atoms with Gasteiger partial charge in [0.1, 0.15) is 5.60 Å². The molecule has 15 heavy (non-hydrogen) atoms. The Labute approximate surface area is 92.3 Å². The lowest BCUT2D eigenvalue weighted by molar-refractivity contribution is 0.0600. The van der Waals surface area contributed by atoms with Gasteiger partial charge in [-0.25, -0.2) is 4.79 Å². The molecule has 6 heteroatoms. The Kier molecular flexibility index (Phi) is 3.41. The summed E-state index contributed by atoms with van der Waals surface area (Å²) >= 11 is 1.67. The molecule has 1 amide bonds. The lowest BCUT2D eigenvalue weighted by atomic mass is 10.2. The topological polar surface area (TPSA) is 73.0 Å². The predicted octanol–water partition coefficient (Wildman–Crippen LogP) is 2.18. The van der Waals surface area contributed by atoms with Crippen LogP contribution >= 0.6 is 11.5 Å². The molecule has 3 N–H and O–H groups in total. The van der Waals surface area contributed by atoms with E-state index < -0.39 is 11.7 Å². The lowest BCUT2D eigenvalue weighted by Crippen LogP contribution is -2.27. The maximum Gasteiger partial charge on any atom is 0.405 e. The van der Waals surface area contributed by atoms with Gasteiger partial charge in [-0.1, -0.05) is 0 Å². The largest absolute Gasteiger partial charge is 0.444 e. The van der Waals surface area contributed by atoms with Gasteiger partial charge in [0.05, 0.1) is 0 Å². The van der Waals surface area contributed by atoms with Gasteiger partial charge in [0, 0.05) is 5.38 Å². The van der Waals surface area contributed by atoms with Gasteiger partial charge >= 0.3 is 6.09 Å². The maximum absolute atomic E-state index is 10.0. The third-order valence-electron chi connectivity index (χ3n) is 1.29. The molecular formula is C9H15N3O2S. The number of carbonyl (C=O) groups is 1. The molecule has 0 aliphatic carbocycles. The van der Waals surface area contributed by atoms with Crippen LogP contribution < -0.4 is 5.73 Å². The predicted molar refractivity (Wildman–Crippen MR) is 59.6 cm³/mol. The van der Waals surface area contributed by atoms with E-state index in [4.69, 9.17) is 5.73 Å². The molecular weight excluding hydrogens is 214 g/mol. The van der Waals surface area contributed by atoms with Gasteiger partial charge in [-0.2, -0.15) is 4.07 Å². The number of rotatable bonds is 0. The second-order valence-corrected chi connectivity index (χ2v) is 4.77. The first-order valence-corrected chi connectivity index (χ1v) is 5.31. The highest BCUT2D eigenvalue weighted by Gasteiger charge is 2.12. The van der Waals surface area contributed by atoms with Crippen molar-refractivity contribution in [2.24, 2.45) is 5.73 Å². The second kappa shape index (κ2) is 4.39. The van der Waals surface area contributed by atoms with Gasteiger partial charge in [0.15, 0.2) is 5.82 Å². The molecule has 2 aliphatic rings. The number of fused-ring (bicyclic) bond motifs is 1. The first-order chi connectivity index (χ1) is 6.88. The van der Waals surface area contributed by atoms with E-state index in [-0.39, 0.29) is 0 Å². The van der Waals surface area contributed by atoms with E-state index in [0.717, 1.165) is 0 Å². The molecule has 5 nitrogen and oxygen atoms in total. The summed E-state index contributed by atoms with van der Waals surface area (Å²) in [5, 5.41) is 5.06. The Morgan fingerprint density at radius 2 is 2.27 bits per heavy atom. The molecule has 0 unspecified atom stereocenters. The highest BCUT2D eigenvalue weighted by molar-refractivity contribution is 7.04. The molecule has 0 bridgehead atoms. The van der Waals surface area contributed by atoms with Gasteiger partial charge in [-0.15, -0.1) is 0 Å². The summed E-state index contributed by atoms with van der Waals surface area (Å²) in [6.45, 7) is 5.28. The number of nitrogens with one attached hydrogen (secondary N) is 1. The van der Waals surface area contributed by atoms with E-state index in [2.05, 4.69) is 9.84 Å². The number of nitrogens with two attached hydrogens (primary N) is 1. The highest BCUT2D eigenvalue weighted by Crippen LogP contribution is 2.13. The van der Waals surface area contributed by atoms with Crippen molar-refractivity contribution >= 4 is 17.6 Å². The van der Waals surface area contributed by atoms with Gasteiger partial charge in [-0.05, 0) is 44.4 Å². The molecule has 0 fully saturated rings. The van der Waals surface area contributed by atoms with Crippen LogP contribution in [0.5, 0.6) is 0 Å². The quantitative estimate of drug-likeness (QED) is 0.726. The fourth-order valence-electron chi connectivity index (χ4n) is 0.795. The standard InChI is InChI=1S/C5H11NO2.C4H4N2S/c1-5(2,3)8-4(6)7;1-2-4-5-6(4)7-3-1/h1-3H3,(H2,6,7);1-3,5H. The molecule has 0 spiro atoms. The van der Waals surface area contributed by atoms with Crippen LogP contribution in [0.3, 0.4) is 0 Å². The van der Waals surface area contributed by atoms with Gasteiger partial charge < -0.3 is 10.5 Å². The molecule has 0 aromatic rings. The molecule has 0 aromatic heterocycles. The van der Waals surface area contributed by atoms with Crippen molar-refractivity contribution in [1.82, 2.24) is 9.17 Å². The normalized spacial score (nSPS) is 10.9. The van der Waals surface area contributed by atoms with Crippen LogP contribution in [0.15, 0.2) is 17.5 Å². The number of hydrogen-bond acceptors (Lipinski definition) is 3. The SMILES string of the molecule is CC(C)(C)OC(N)=O.c1csn2[nH]c-2c1. The summed E-state index contributed by atoms with van der Waals surface area (Å²) in [4.78, 5) is 10.0. The van der Waals surface area contributed by atoms with Crippen LogP contribution in [0.1, 0.15) is 20.8 Å². The number of hydrogen-bond donors (Lipinski definition) is 2. The zero-order valence-corrected chi connectivity index (χ0v) is 9.80. The third kappa shape index (κ3) is 5.11. The Morgan fingerprint density at radius 3 is 2.53 bits per heavy atom. The number of amides is 1. The molecule has 84 valence electrons. The van der Waals surface area contributed by atoms with Crippen molar-refractivity contribution in [2.75, 3.05) is 0 Å². The van der Waals surface area contributed by atoms with Gasteiger partial charge in [0.25, 0.3) is 0 Å². The molecule has 2 heterocycles. The smallest absolute Gasteiger partial charge is 0.405 e. The fraction of sp³-hybridized carbons (Fsp3) is 0.444. The van der Waals surface area contributed by atoms with Crippen molar-refractivity contribution in [1.29, 1.82) is 0 Å². The van der Waals surface area contributed by atoms with E-state index in [1.807, 2.05) is 21.6 Å². The van der Waals surface area contributed by atoms with E-state index in [1.165, 1.54) is 5.82 Å². The molecule has 2 rings (SSSR count). The first kappa shape index (κ1) is 11.6. The molecule has 0 saturated carbocycles. The summed E-state index contributed by atoms with van der Waals surface area (Å²) in [6, 6.07) is 4.06. The molecule has 0 saturated heterocycles. The zero-order chi connectivity index (χ0) is 11.5. The summed E-state index contributed by atoms with van der Waals surface area (Å²) in [5.74, 6) is 1.22. The Bertz CT molecular complexity index is 360. The number of aromatic amines is 1. The summed E-state index contributed by atoms with van der Waals surface area (Å²) in [5.41, 5.74) is 4.26. The van der Waals surface area contributed by atoms with E-state index in [1.54, 1.807) is 32.3 Å². The molecule has 0 aromatic carbocycles. The first-order valence-electron chi connectivity index (χ1n) is 4.47. The summed E-state index contributed by atoms with van der Waals surface area (Å²) in [7, 11) is 0. The van der Waals surface area contributed by atoms with Crippen molar-refractivity contribution < 1.29 is 9.53 Å². The molecule has 0 atom stereocenters. The second-order valence-electron chi connectivity index (χ2n) is 3.93. The van der Waals surface area contributed by atoms with E-state index in [0.29, 0.717) is 0 Å². The van der Waals surface area contributed by atoms with Gasteiger partial charge in [0.2, 0.25) is 0 Å². The van der Waals surface area contributed by atoms with Crippen LogP contribution in [-0.4, -0.2) is 20.9 Å². The van der Waals surface area contributed by atoms with Crippen LogP contribution in [-0.2, 0) is 4.74 Å². The van der Waals surface area contributed by atoms with Crippen molar-refractivity contribution in [3.63, 3.8) is 0 Å². The number of H-pyrrole nitrogens is 1. The van der Waals surface area contributed by atoms with Crippen LogP contribution in [0.25, 0.3) is 5.82 Å². The highest BCUT2D eigenvalue weighted by atomic mass is 32.1. The molecule has 2 aliphatic heterocycles. The zero-order valence-electron chi connectivity index (χ0n) is 8.98. The average Bonchev–Trinajstić information content (AvgIpc) is 2.77.